The largest absolute Gasteiger partial charge is 0.503 e. The van der Waals surface area contributed by atoms with Gasteiger partial charge < -0.3 is 19.6 Å². The molecule has 0 saturated carbocycles. The average Bonchev–Trinajstić information content (AvgIpc) is 3.46. The van der Waals surface area contributed by atoms with E-state index in [2.05, 4.69) is 9.88 Å². The highest BCUT2D eigenvalue weighted by Gasteiger charge is 2.44. The first-order chi connectivity index (χ1) is 15.4. The van der Waals surface area contributed by atoms with Crippen molar-refractivity contribution in [3.8, 4) is 5.75 Å². The number of aliphatic hydroxyl groups is 1. The summed E-state index contributed by atoms with van der Waals surface area (Å²) in [5.74, 6) is -0.638. The van der Waals surface area contributed by atoms with Gasteiger partial charge in [0.2, 0.25) is 5.78 Å². The van der Waals surface area contributed by atoms with Gasteiger partial charge in [-0.3, -0.25) is 9.59 Å². The number of likely N-dealkylation sites (tertiary alicyclic amines) is 1. The van der Waals surface area contributed by atoms with E-state index in [4.69, 9.17) is 4.74 Å². The van der Waals surface area contributed by atoms with Crippen LogP contribution in [0.4, 0.5) is 0 Å². The van der Waals surface area contributed by atoms with E-state index in [1.54, 1.807) is 11.8 Å². The van der Waals surface area contributed by atoms with Gasteiger partial charge in [0.1, 0.15) is 5.75 Å². The molecule has 1 fully saturated rings. The second-order valence-corrected chi connectivity index (χ2v) is 9.40. The van der Waals surface area contributed by atoms with Crippen molar-refractivity contribution in [1.29, 1.82) is 0 Å². The minimum absolute atomic E-state index is 0.122. The highest BCUT2D eigenvalue weighted by Crippen LogP contribution is 2.40. The summed E-state index contributed by atoms with van der Waals surface area (Å²) in [6.45, 7) is 9.20. The van der Waals surface area contributed by atoms with Gasteiger partial charge in [0.15, 0.2) is 5.76 Å². The van der Waals surface area contributed by atoms with E-state index in [1.165, 1.54) is 11.3 Å². The van der Waals surface area contributed by atoms with E-state index < -0.39 is 17.7 Å². The van der Waals surface area contributed by atoms with E-state index in [1.807, 2.05) is 38.1 Å². The molecule has 1 aromatic heterocycles. The van der Waals surface area contributed by atoms with Crippen LogP contribution in [0.1, 0.15) is 51.7 Å². The molecule has 170 valence electrons. The smallest absolute Gasteiger partial charge is 0.290 e. The van der Waals surface area contributed by atoms with Gasteiger partial charge in [0.05, 0.1) is 33.8 Å². The quantitative estimate of drug-likeness (QED) is 0.609. The van der Waals surface area contributed by atoms with Crippen molar-refractivity contribution in [3.05, 3.63) is 56.7 Å². The molecule has 1 N–H and O–H groups in total. The Labute approximate surface area is 192 Å². The second kappa shape index (κ2) is 9.42. The Balaban J connectivity index is 1.73. The minimum atomic E-state index is -0.667. The van der Waals surface area contributed by atoms with Crippen LogP contribution in [0.15, 0.2) is 35.6 Å². The molecule has 0 aliphatic carbocycles. The first kappa shape index (κ1) is 22.5. The number of hydrogen-bond acceptors (Lipinski definition) is 7. The van der Waals surface area contributed by atoms with Crippen molar-refractivity contribution in [1.82, 2.24) is 14.8 Å². The normalized spacial score (nSPS) is 19.3. The maximum absolute atomic E-state index is 13.6. The standard InChI is InChI=1S/C24H29N3O4S/c1-4-31-18-9-7-8-17(14-18)20-19(21(28)23-15(2)25-16(3)32-23)22(29)24(30)27(20)13-12-26-10-5-6-11-26/h7-9,14,20,29H,4-6,10-13H2,1-3H3. The number of amides is 1. The summed E-state index contributed by atoms with van der Waals surface area (Å²) in [5.41, 5.74) is 1.48. The molecule has 3 heterocycles. The molecule has 1 saturated heterocycles. The first-order valence-electron chi connectivity index (χ1n) is 11.1. The Morgan fingerprint density at radius 1 is 1.25 bits per heavy atom. The van der Waals surface area contributed by atoms with E-state index in [0.717, 1.165) is 36.5 Å². The lowest BCUT2D eigenvalue weighted by Crippen LogP contribution is -2.37. The van der Waals surface area contributed by atoms with Crippen molar-refractivity contribution in [2.45, 2.75) is 39.7 Å². The topological polar surface area (TPSA) is 83.0 Å². The van der Waals surface area contributed by atoms with Crippen LogP contribution in [-0.2, 0) is 4.79 Å². The van der Waals surface area contributed by atoms with E-state index in [-0.39, 0.29) is 11.4 Å². The molecule has 2 aliphatic rings. The molecule has 1 atom stereocenters. The third-order valence-corrected chi connectivity index (χ3v) is 7.07. The van der Waals surface area contributed by atoms with Crippen LogP contribution in [0.2, 0.25) is 0 Å². The number of rotatable bonds is 8. The van der Waals surface area contributed by atoms with E-state index >= 15 is 0 Å². The molecular formula is C24H29N3O4S. The number of aliphatic hydroxyl groups excluding tert-OH is 1. The predicted octanol–water partition coefficient (Wildman–Crippen LogP) is 3.83. The molecule has 4 rings (SSSR count). The lowest BCUT2D eigenvalue weighted by atomic mass is 9.95. The van der Waals surface area contributed by atoms with Gasteiger partial charge in [-0.1, -0.05) is 12.1 Å². The van der Waals surface area contributed by atoms with Crippen LogP contribution < -0.4 is 4.74 Å². The second-order valence-electron chi connectivity index (χ2n) is 8.19. The molecular weight excluding hydrogens is 426 g/mol. The number of Topliss-reactive ketones (excluding diaryl/α,β-unsaturated/α-hetero) is 1. The molecule has 1 amide bonds. The number of carbonyl (C=O) groups is 2. The Bertz CT molecular complexity index is 1060. The van der Waals surface area contributed by atoms with Gasteiger partial charge in [-0.15, -0.1) is 11.3 Å². The highest BCUT2D eigenvalue weighted by atomic mass is 32.1. The Morgan fingerprint density at radius 2 is 2.00 bits per heavy atom. The zero-order valence-electron chi connectivity index (χ0n) is 18.8. The lowest BCUT2D eigenvalue weighted by molar-refractivity contribution is -0.129. The summed E-state index contributed by atoms with van der Waals surface area (Å²) in [6.07, 6.45) is 2.32. The number of nitrogens with zero attached hydrogens (tertiary/aromatic N) is 3. The van der Waals surface area contributed by atoms with Gasteiger partial charge in [-0.25, -0.2) is 4.98 Å². The summed E-state index contributed by atoms with van der Waals surface area (Å²) >= 11 is 1.29. The molecule has 8 heteroatoms. The zero-order chi connectivity index (χ0) is 22.8. The highest BCUT2D eigenvalue weighted by molar-refractivity contribution is 7.14. The van der Waals surface area contributed by atoms with Crippen LogP contribution >= 0.6 is 11.3 Å². The molecule has 0 spiro atoms. The summed E-state index contributed by atoms with van der Waals surface area (Å²) in [6, 6.07) is 6.75. The van der Waals surface area contributed by atoms with Crippen LogP contribution in [0.5, 0.6) is 5.75 Å². The SMILES string of the molecule is CCOc1cccc(C2C(C(=O)c3sc(C)nc3C)=C(O)C(=O)N2CCN2CCCC2)c1. The third kappa shape index (κ3) is 4.29. The Kier molecular flexibility index (Phi) is 6.62. The van der Waals surface area contributed by atoms with Gasteiger partial charge >= 0.3 is 0 Å². The average molecular weight is 456 g/mol. The van der Waals surface area contributed by atoms with Crippen LogP contribution in [-0.4, -0.2) is 64.4 Å². The van der Waals surface area contributed by atoms with Gasteiger partial charge in [0, 0.05) is 13.1 Å². The van der Waals surface area contributed by atoms with Crippen molar-refractivity contribution < 1.29 is 19.4 Å². The molecule has 7 nitrogen and oxygen atoms in total. The Hall–Kier alpha value is -2.71. The van der Waals surface area contributed by atoms with Crippen molar-refractivity contribution in [3.63, 3.8) is 0 Å². The summed E-state index contributed by atoms with van der Waals surface area (Å²) < 4.78 is 5.66. The number of aromatic nitrogens is 1. The van der Waals surface area contributed by atoms with Gasteiger partial charge in [-0.05, 0) is 64.4 Å². The third-order valence-electron chi connectivity index (χ3n) is 6.00. The Morgan fingerprint density at radius 3 is 2.66 bits per heavy atom. The predicted molar refractivity (Wildman–Crippen MR) is 123 cm³/mol. The fourth-order valence-electron chi connectivity index (χ4n) is 4.52. The molecule has 1 unspecified atom stereocenters. The monoisotopic (exact) mass is 455 g/mol. The summed E-state index contributed by atoms with van der Waals surface area (Å²) in [5, 5.41) is 11.6. The molecule has 0 radical (unpaired) electrons. The number of aryl methyl sites for hydroxylation is 2. The van der Waals surface area contributed by atoms with E-state index in [9.17, 15) is 14.7 Å². The number of benzene rings is 1. The zero-order valence-corrected chi connectivity index (χ0v) is 19.6. The lowest BCUT2D eigenvalue weighted by Gasteiger charge is -2.29. The summed E-state index contributed by atoms with van der Waals surface area (Å²) in [7, 11) is 0. The van der Waals surface area contributed by atoms with Crippen LogP contribution in [0.25, 0.3) is 0 Å². The van der Waals surface area contributed by atoms with Crippen LogP contribution in [0, 0.1) is 13.8 Å². The molecule has 1 aromatic carbocycles. The summed E-state index contributed by atoms with van der Waals surface area (Å²) in [4.78, 5) is 35.5. The number of thiazole rings is 1. The fraction of sp³-hybridized carbons (Fsp3) is 0.458. The molecule has 2 aromatic rings. The van der Waals surface area contributed by atoms with Gasteiger partial charge in [-0.2, -0.15) is 0 Å². The molecule has 0 bridgehead atoms. The number of ketones is 1. The number of carbonyl (C=O) groups excluding carboxylic acids is 2. The maximum atomic E-state index is 13.6. The van der Waals surface area contributed by atoms with Crippen molar-refractivity contribution in [2.24, 2.45) is 0 Å². The molecule has 32 heavy (non-hydrogen) atoms. The van der Waals surface area contributed by atoms with E-state index in [0.29, 0.717) is 36.0 Å². The van der Waals surface area contributed by atoms with Crippen molar-refractivity contribution in [2.75, 3.05) is 32.8 Å². The number of hydrogen-bond donors (Lipinski definition) is 1. The first-order valence-corrected chi connectivity index (χ1v) is 11.9. The van der Waals surface area contributed by atoms with Crippen LogP contribution in [0.3, 0.4) is 0 Å². The maximum Gasteiger partial charge on any atom is 0.290 e. The molecule has 2 aliphatic heterocycles. The number of ether oxygens (including phenoxy) is 1. The fourth-order valence-corrected chi connectivity index (χ4v) is 5.40. The van der Waals surface area contributed by atoms with Crippen molar-refractivity contribution >= 4 is 23.0 Å². The van der Waals surface area contributed by atoms with Gasteiger partial charge in [0.25, 0.3) is 5.91 Å². The minimum Gasteiger partial charge on any atom is -0.503 e.